The van der Waals surface area contributed by atoms with Gasteiger partial charge in [0.15, 0.2) is 0 Å². The molecule has 0 spiro atoms. The molecule has 1 rings (SSSR count). The van der Waals surface area contributed by atoms with Gasteiger partial charge in [-0.05, 0) is 37.0 Å². The number of methoxy groups -OCH3 is 1. The van der Waals surface area contributed by atoms with Gasteiger partial charge in [0, 0.05) is 0 Å². The maximum Gasteiger partial charge on any atom is 0.118 e. The molecule has 0 aliphatic rings. The molecule has 2 heteroatoms. The van der Waals surface area contributed by atoms with E-state index in [2.05, 4.69) is 13.8 Å². The molecule has 1 aromatic carbocycles. The Balaban J connectivity index is 2.88. The maximum absolute atomic E-state index is 10.5. The van der Waals surface area contributed by atoms with Gasteiger partial charge in [-0.1, -0.05) is 32.4 Å². The van der Waals surface area contributed by atoms with Crippen LogP contribution in [0.2, 0.25) is 0 Å². The van der Waals surface area contributed by atoms with Gasteiger partial charge >= 0.3 is 0 Å². The second kappa shape index (κ2) is 5.35. The zero-order chi connectivity index (χ0) is 12.2. The van der Waals surface area contributed by atoms with Crippen LogP contribution in [0.25, 0.3) is 0 Å². The molecule has 0 radical (unpaired) electrons. The van der Waals surface area contributed by atoms with Crippen molar-refractivity contribution in [1.29, 1.82) is 0 Å². The lowest BCUT2D eigenvalue weighted by atomic mass is 9.81. The summed E-state index contributed by atoms with van der Waals surface area (Å²) in [6.45, 7) is 6.11. The smallest absolute Gasteiger partial charge is 0.118 e. The van der Waals surface area contributed by atoms with E-state index < -0.39 is 5.60 Å². The number of hydrogen-bond donors (Lipinski definition) is 1. The number of hydrogen-bond acceptors (Lipinski definition) is 2. The highest BCUT2D eigenvalue weighted by Gasteiger charge is 2.29. The van der Waals surface area contributed by atoms with Crippen LogP contribution in [-0.4, -0.2) is 12.2 Å². The summed E-state index contributed by atoms with van der Waals surface area (Å²) in [6.07, 6.45) is 2.12. The molecule has 16 heavy (non-hydrogen) atoms. The Morgan fingerprint density at radius 1 is 1.31 bits per heavy atom. The van der Waals surface area contributed by atoms with E-state index in [0.717, 1.165) is 24.2 Å². The Labute approximate surface area is 98.3 Å². The third-order valence-electron chi connectivity index (χ3n) is 3.36. The van der Waals surface area contributed by atoms with Crippen LogP contribution in [0.15, 0.2) is 24.3 Å². The summed E-state index contributed by atoms with van der Waals surface area (Å²) in [5.74, 6) is 1.08. The molecule has 1 N–H and O–H groups in total. The Kier molecular flexibility index (Phi) is 4.36. The highest BCUT2D eigenvalue weighted by atomic mass is 16.5. The average Bonchev–Trinajstić information content (AvgIpc) is 2.29. The van der Waals surface area contributed by atoms with Crippen LogP contribution in [0.1, 0.15) is 39.2 Å². The molecular formula is C14H22O2. The number of aliphatic hydroxyl groups is 1. The molecule has 0 aliphatic heterocycles. The summed E-state index contributed by atoms with van der Waals surface area (Å²) in [7, 11) is 1.65. The third kappa shape index (κ3) is 2.76. The topological polar surface area (TPSA) is 29.5 Å². The van der Waals surface area contributed by atoms with E-state index in [0.29, 0.717) is 0 Å². The zero-order valence-corrected chi connectivity index (χ0v) is 10.7. The largest absolute Gasteiger partial charge is 0.497 e. The molecule has 2 atom stereocenters. The van der Waals surface area contributed by atoms with E-state index in [9.17, 15) is 5.11 Å². The van der Waals surface area contributed by atoms with E-state index in [1.165, 1.54) is 0 Å². The van der Waals surface area contributed by atoms with Gasteiger partial charge in [-0.25, -0.2) is 0 Å². The minimum atomic E-state index is -0.762. The summed E-state index contributed by atoms with van der Waals surface area (Å²) >= 11 is 0. The van der Waals surface area contributed by atoms with Crippen LogP contribution in [0.5, 0.6) is 5.75 Å². The summed E-state index contributed by atoms with van der Waals surface area (Å²) in [5, 5.41) is 10.5. The molecule has 2 nitrogen and oxygen atoms in total. The molecule has 0 bridgehead atoms. The van der Waals surface area contributed by atoms with Crippen molar-refractivity contribution in [1.82, 2.24) is 0 Å². The van der Waals surface area contributed by atoms with Crippen molar-refractivity contribution in [2.75, 3.05) is 7.11 Å². The molecule has 0 heterocycles. The predicted molar refractivity (Wildman–Crippen MR) is 66.6 cm³/mol. The van der Waals surface area contributed by atoms with Crippen molar-refractivity contribution < 1.29 is 9.84 Å². The fourth-order valence-electron chi connectivity index (χ4n) is 1.93. The molecule has 0 aliphatic carbocycles. The monoisotopic (exact) mass is 222 g/mol. The molecule has 90 valence electrons. The second-order valence-electron chi connectivity index (χ2n) is 4.57. The SMILES string of the molecule is CCCC(C)C(C)(O)c1ccc(OC)cc1. The fourth-order valence-corrected chi connectivity index (χ4v) is 1.93. The number of rotatable bonds is 5. The van der Waals surface area contributed by atoms with E-state index in [-0.39, 0.29) is 5.92 Å². The minimum Gasteiger partial charge on any atom is -0.497 e. The third-order valence-corrected chi connectivity index (χ3v) is 3.36. The van der Waals surface area contributed by atoms with E-state index in [1.54, 1.807) is 7.11 Å². The van der Waals surface area contributed by atoms with E-state index >= 15 is 0 Å². The zero-order valence-electron chi connectivity index (χ0n) is 10.7. The maximum atomic E-state index is 10.5. The molecule has 0 aromatic heterocycles. The molecule has 0 saturated heterocycles. The summed E-state index contributed by atoms with van der Waals surface area (Å²) in [4.78, 5) is 0. The van der Waals surface area contributed by atoms with Crippen LogP contribution in [-0.2, 0) is 5.60 Å². The van der Waals surface area contributed by atoms with Crippen molar-refractivity contribution in [3.8, 4) is 5.75 Å². The van der Waals surface area contributed by atoms with Crippen molar-refractivity contribution >= 4 is 0 Å². The Hall–Kier alpha value is -1.02. The Bertz CT molecular complexity index is 314. The molecule has 1 aromatic rings. The minimum absolute atomic E-state index is 0.255. The van der Waals surface area contributed by atoms with Gasteiger partial charge in [-0.2, -0.15) is 0 Å². The number of ether oxygens (including phenoxy) is 1. The van der Waals surface area contributed by atoms with E-state index in [1.807, 2.05) is 31.2 Å². The standard InChI is InChI=1S/C14H22O2/c1-5-6-11(2)14(3,15)12-7-9-13(16-4)10-8-12/h7-11,15H,5-6H2,1-4H3. The lowest BCUT2D eigenvalue weighted by Crippen LogP contribution is -2.29. The summed E-state index contributed by atoms with van der Waals surface area (Å²) in [5.41, 5.74) is 0.191. The molecule has 0 saturated carbocycles. The quantitative estimate of drug-likeness (QED) is 0.828. The second-order valence-corrected chi connectivity index (χ2v) is 4.57. The Morgan fingerprint density at radius 2 is 1.88 bits per heavy atom. The normalized spacial score (nSPS) is 16.6. The van der Waals surface area contributed by atoms with Gasteiger partial charge in [0.25, 0.3) is 0 Å². The van der Waals surface area contributed by atoms with Gasteiger partial charge in [-0.15, -0.1) is 0 Å². The highest BCUT2D eigenvalue weighted by Crippen LogP contribution is 2.32. The van der Waals surface area contributed by atoms with Gasteiger partial charge in [0.2, 0.25) is 0 Å². The van der Waals surface area contributed by atoms with Crippen molar-refractivity contribution in [2.45, 2.75) is 39.2 Å². The first-order valence-corrected chi connectivity index (χ1v) is 5.89. The van der Waals surface area contributed by atoms with Crippen LogP contribution in [0.4, 0.5) is 0 Å². The van der Waals surface area contributed by atoms with E-state index in [4.69, 9.17) is 4.74 Å². The van der Waals surface area contributed by atoms with Crippen LogP contribution < -0.4 is 4.74 Å². The first kappa shape index (κ1) is 13.0. The molecular weight excluding hydrogens is 200 g/mol. The van der Waals surface area contributed by atoms with Crippen molar-refractivity contribution in [3.05, 3.63) is 29.8 Å². The summed E-state index contributed by atoms with van der Waals surface area (Å²) in [6, 6.07) is 7.65. The van der Waals surface area contributed by atoms with Gasteiger partial charge in [0.1, 0.15) is 5.75 Å². The molecule has 0 fully saturated rings. The average molecular weight is 222 g/mol. The lowest BCUT2D eigenvalue weighted by molar-refractivity contribution is -0.00222. The van der Waals surface area contributed by atoms with Gasteiger partial charge < -0.3 is 9.84 Å². The van der Waals surface area contributed by atoms with Crippen LogP contribution >= 0.6 is 0 Å². The van der Waals surface area contributed by atoms with Crippen LogP contribution in [0.3, 0.4) is 0 Å². The highest BCUT2D eigenvalue weighted by molar-refractivity contribution is 5.30. The van der Waals surface area contributed by atoms with Gasteiger partial charge in [-0.3, -0.25) is 0 Å². The lowest BCUT2D eigenvalue weighted by Gasteiger charge is -2.30. The fraction of sp³-hybridized carbons (Fsp3) is 0.571. The number of benzene rings is 1. The molecule has 2 unspecified atom stereocenters. The first-order chi connectivity index (χ1) is 7.52. The Morgan fingerprint density at radius 3 is 2.31 bits per heavy atom. The first-order valence-electron chi connectivity index (χ1n) is 5.89. The molecule has 0 amide bonds. The van der Waals surface area contributed by atoms with Crippen molar-refractivity contribution in [3.63, 3.8) is 0 Å². The van der Waals surface area contributed by atoms with Crippen LogP contribution in [0, 0.1) is 5.92 Å². The predicted octanol–water partition coefficient (Wildman–Crippen LogP) is 3.34. The van der Waals surface area contributed by atoms with Gasteiger partial charge in [0.05, 0.1) is 12.7 Å². The van der Waals surface area contributed by atoms with Crippen molar-refractivity contribution in [2.24, 2.45) is 5.92 Å². The summed E-state index contributed by atoms with van der Waals surface area (Å²) < 4.78 is 5.11.